The van der Waals surface area contributed by atoms with E-state index in [0.717, 1.165) is 62.9 Å². The summed E-state index contributed by atoms with van der Waals surface area (Å²) in [5, 5.41) is 0.881. The van der Waals surface area contributed by atoms with Gasteiger partial charge in [0, 0.05) is 10.9 Å². The summed E-state index contributed by atoms with van der Waals surface area (Å²) in [5.41, 5.74) is 17.3. The van der Waals surface area contributed by atoms with Gasteiger partial charge in [0.1, 0.15) is 34.4 Å². The average Bonchev–Trinajstić information content (AvgIpc) is 4.40. The first kappa shape index (κ1) is 51.7. The fourth-order valence-corrected chi connectivity index (χ4v) is 12.2. The molecule has 398 valence electrons. The summed E-state index contributed by atoms with van der Waals surface area (Å²) in [4.78, 5) is 11.0. The van der Waals surface area contributed by atoms with Crippen LogP contribution in [0, 0.1) is 5.41 Å². The molecule has 7 heteroatoms. The van der Waals surface area contributed by atoms with Gasteiger partial charge in [-0.15, -0.1) is 0 Å². The number of fused-ring (bicyclic) bond motifs is 3. The van der Waals surface area contributed by atoms with Gasteiger partial charge in [-0.05, 0) is 184 Å². The van der Waals surface area contributed by atoms with Gasteiger partial charge in [-0.2, -0.15) is 0 Å². The maximum atomic E-state index is 17.3. The summed E-state index contributed by atoms with van der Waals surface area (Å²) >= 11 is 0. The van der Waals surface area contributed by atoms with Crippen molar-refractivity contribution in [2.75, 3.05) is 0 Å². The molecule has 12 rings (SSSR count). The van der Waals surface area contributed by atoms with Crippen LogP contribution >= 0.6 is 0 Å². The second kappa shape index (κ2) is 20.3. The summed E-state index contributed by atoms with van der Waals surface area (Å²) < 4.78 is 35.5. The van der Waals surface area contributed by atoms with Crippen LogP contribution in [-0.2, 0) is 5.67 Å². The van der Waals surface area contributed by atoms with E-state index in [1.807, 2.05) is 30.3 Å². The minimum atomic E-state index is -1.43. The highest BCUT2D eigenvalue weighted by Gasteiger charge is 2.40. The Morgan fingerprint density at radius 2 is 0.987 bits per heavy atom. The lowest BCUT2D eigenvalue weighted by atomic mass is 9.69. The number of hydrogen-bond acceptors (Lipinski definition) is 4. The quantitative estimate of drug-likeness (QED) is 0.115. The largest absolute Gasteiger partial charge is 0.464 e. The van der Waals surface area contributed by atoms with E-state index < -0.39 is 5.67 Å². The van der Waals surface area contributed by atoms with Gasteiger partial charge in [0.2, 0.25) is 0 Å². The Morgan fingerprint density at radius 3 is 1.57 bits per heavy atom. The number of furan rings is 1. The highest BCUT2D eigenvalue weighted by Crippen LogP contribution is 2.50. The number of aromatic nitrogens is 4. The minimum Gasteiger partial charge on any atom is -0.464 e. The number of nitrogens with zero attached hydrogens (tertiary/aromatic N) is 4. The summed E-state index contributed by atoms with van der Waals surface area (Å²) in [5.74, 6) is 3.62. The van der Waals surface area contributed by atoms with E-state index in [-0.39, 0.29) is 29.1 Å². The van der Waals surface area contributed by atoms with Crippen molar-refractivity contribution in [3.63, 3.8) is 0 Å². The SMILES string of the molecule is CC(C)c1cc(-c2ccccc2)cc(C(C)C)c1-n1c(-c2cccc(Oc3cc(-c4nc5cc(C6(F)CCC(C)(C)CC6)ccc5n4-c4c(C(C)C)cc(-c5ccccc5)cc4C(C)C)c4occc4c3)c2)nc2ccccc21. The van der Waals surface area contributed by atoms with Crippen LogP contribution in [0.1, 0.15) is 146 Å². The minimum absolute atomic E-state index is 0.117. The molecule has 0 saturated heterocycles. The second-order valence-electron chi connectivity index (χ2n) is 24.2. The Bertz CT molecular complexity index is 3990. The number of hydrogen-bond donors (Lipinski definition) is 0. The maximum Gasteiger partial charge on any atom is 0.149 e. The first-order valence-electron chi connectivity index (χ1n) is 28.5. The predicted molar refractivity (Wildman–Crippen MR) is 325 cm³/mol. The lowest BCUT2D eigenvalue weighted by molar-refractivity contribution is 0.0521. The van der Waals surface area contributed by atoms with Crippen LogP contribution in [0.4, 0.5) is 4.39 Å². The van der Waals surface area contributed by atoms with Crippen molar-refractivity contribution in [2.24, 2.45) is 5.41 Å². The molecule has 0 unspecified atom stereocenters. The predicted octanol–water partition coefficient (Wildman–Crippen LogP) is 20.8. The van der Waals surface area contributed by atoms with E-state index in [1.54, 1.807) is 6.26 Å². The molecule has 0 bridgehead atoms. The van der Waals surface area contributed by atoms with E-state index in [0.29, 0.717) is 41.3 Å². The molecule has 0 N–H and O–H groups in total. The molecule has 1 fully saturated rings. The number of imidazole rings is 2. The fraction of sp³-hybridized carbons (Fsp3) is 0.278. The Hall–Kier alpha value is -8.03. The molecule has 0 radical (unpaired) electrons. The Morgan fingerprint density at radius 1 is 0.468 bits per heavy atom. The molecule has 3 heterocycles. The number of ether oxygens (including phenoxy) is 1. The van der Waals surface area contributed by atoms with Gasteiger partial charge in [0.25, 0.3) is 0 Å². The molecule has 8 aromatic carbocycles. The van der Waals surface area contributed by atoms with E-state index in [4.69, 9.17) is 19.1 Å². The van der Waals surface area contributed by atoms with Gasteiger partial charge >= 0.3 is 0 Å². The topological polar surface area (TPSA) is 58.0 Å². The molecule has 79 heavy (non-hydrogen) atoms. The molecule has 3 aromatic heterocycles. The zero-order valence-corrected chi connectivity index (χ0v) is 47.4. The van der Waals surface area contributed by atoms with E-state index in [1.165, 1.54) is 50.2 Å². The molecule has 6 nitrogen and oxygen atoms in total. The Kier molecular flexibility index (Phi) is 13.3. The zero-order chi connectivity index (χ0) is 54.9. The van der Waals surface area contributed by atoms with Gasteiger partial charge in [0.05, 0.1) is 45.3 Å². The van der Waals surface area contributed by atoms with Crippen molar-refractivity contribution in [1.82, 2.24) is 19.1 Å². The van der Waals surface area contributed by atoms with Crippen molar-refractivity contribution in [2.45, 2.75) is 124 Å². The standard InChI is InChI=1S/C72H71FN4O2/c1-44(2)57-38-52(48-20-13-11-14-21-48)39-58(45(3)4)66(57)76-64-27-18-17-26-62(64)74-69(76)51-24-19-25-55(37-51)79-56-36-50-30-35-78-68(50)61(43-56)70-75-63-42-54(72(73)33-31-71(9,10)32-34-72)28-29-65(63)77(70)67-59(46(5)6)40-53(41-60(67)47(7)8)49-22-15-12-16-23-49/h11-30,35-47H,31-34H2,1-10H3. The van der Waals surface area contributed by atoms with Gasteiger partial charge in [0.15, 0.2) is 0 Å². The number of para-hydroxylation sites is 2. The zero-order valence-electron chi connectivity index (χ0n) is 47.4. The lowest BCUT2D eigenvalue weighted by Gasteiger charge is -2.38. The number of benzene rings is 8. The fourth-order valence-electron chi connectivity index (χ4n) is 12.2. The lowest BCUT2D eigenvalue weighted by Crippen LogP contribution is -2.31. The van der Waals surface area contributed by atoms with Crippen molar-refractivity contribution in [3.05, 3.63) is 204 Å². The monoisotopic (exact) mass is 1040 g/mol. The first-order chi connectivity index (χ1) is 38.0. The third kappa shape index (κ3) is 9.55. The van der Waals surface area contributed by atoms with Crippen LogP contribution in [0.5, 0.6) is 11.5 Å². The molecule has 1 aliphatic rings. The number of halogens is 1. The van der Waals surface area contributed by atoms with Crippen molar-refractivity contribution >= 4 is 33.0 Å². The van der Waals surface area contributed by atoms with Crippen LogP contribution in [0.3, 0.4) is 0 Å². The molecular weight excluding hydrogens is 972 g/mol. The highest BCUT2D eigenvalue weighted by atomic mass is 19.1. The normalized spacial score (nSPS) is 14.5. The van der Waals surface area contributed by atoms with Crippen LogP contribution in [0.15, 0.2) is 181 Å². The van der Waals surface area contributed by atoms with Gasteiger partial charge < -0.3 is 9.15 Å². The smallest absolute Gasteiger partial charge is 0.149 e. The third-order valence-corrected chi connectivity index (χ3v) is 16.7. The Labute approximate surface area is 465 Å². The van der Waals surface area contributed by atoms with Crippen molar-refractivity contribution in [1.29, 1.82) is 0 Å². The highest BCUT2D eigenvalue weighted by molar-refractivity contribution is 5.96. The molecule has 1 saturated carbocycles. The maximum absolute atomic E-state index is 17.3. The molecule has 0 amide bonds. The van der Waals surface area contributed by atoms with Gasteiger partial charge in [-0.1, -0.05) is 160 Å². The second-order valence-corrected chi connectivity index (χ2v) is 24.2. The van der Waals surface area contributed by atoms with E-state index >= 15 is 4.39 Å². The van der Waals surface area contributed by atoms with Gasteiger partial charge in [-0.3, -0.25) is 9.13 Å². The van der Waals surface area contributed by atoms with Crippen LogP contribution < -0.4 is 4.74 Å². The van der Waals surface area contributed by atoms with E-state index in [2.05, 4.69) is 218 Å². The van der Waals surface area contributed by atoms with Crippen LogP contribution in [0.2, 0.25) is 0 Å². The Balaban J connectivity index is 1.02. The van der Waals surface area contributed by atoms with Crippen molar-refractivity contribution in [3.8, 4) is 67.9 Å². The summed E-state index contributed by atoms with van der Waals surface area (Å²) in [6, 6.07) is 59.7. The van der Waals surface area contributed by atoms with Crippen molar-refractivity contribution < 1.29 is 13.5 Å². The average molecular weight is 1040 g/mol. The van der Waals surface area contributed by atoms with Crippen LogP contribution in [-0.4, -0.2) is 19.1 Å². The summed E-state index contributed by atoms with van der Waals surface area (Å²) in [6.45, 7) is 22.7. The summed E-state index contributed by atoms with van der Waals surface area (Å²) in [6.07, 6.45) is 4.37. The third-order valence-electron chi connectivity index (χ3n) is 16.7. The molecule has 0 spiro atoms. The number of alkyl halides is 1. The van der Waals surface area contributed by atoms with Crippen LogP contribution in [0.25, 0.3) is 89.4 Å². The number of rotatable bonds is 13. The molecular formula is C72H71FN4O2. The summed E-state index contributed by atoms with van der Waals surface area (Å²) in [7, 11) is 0. The molecule has 0 atom stereocenters. The molecule has 11 aromatic rings. The first-order valence-corrected chi connectivity index (χ1v) is 28.5. The molecule has 0 aliphatic heterocycles. The molecule has 1 aliphatic carbocycles. The van der Waals surface area contributed by atoms with E-state index in [9.17, 15) is 0 Å². The van der Waals surface area contributed by atoms with Gasteiger partial charge in [-0.25, -0.2) is 14.4 Å².